The summed E-state index contributed by atoms with van der Waals surface area (Å²) in [5, 5.41) is 0. The fourth-order valence-electron chi connectivity index (χ4n) is 3.70. The van der Waals surface area contributed by atoms with Crippen LogP contribution in [0, 0.1) is 0 Å². The molecule has 0 radical (unpaired) electrons. The van der Waals surface area contributed by atoms with E-state index in [4.69, 9.17) is 0 Å². The van der Waals surface area contributed by atoms with Crippen molar-refractivity contribution >= 4 is 17.6 Å². The SMILES string of the molecule is O=C(C(=O)N1CCN(c2cc(C(F)(F)F)nc(-c3ccncc3)n2)CC1)N1CCCC1. The molecule has 2 amide bonds. The first-order valence-electron chi connectivity index (χ1n) is 10.0. The van der Waals surface area contributed by atoms with Gasteiger partial charge in [0.15, 0.2) is 11.5 Å². The lowest BCUT2D eigenvalue weighted by Crippen LogP contribution is -2.53. The third-order valence-electron chi connectivity index (χ3n) is 5.41. The smallest absolute Gasteiger partial charge is 0.353 e. The largest absolute Gasteiger partial charge is 0.433 e. The fraction of sp³-hybridized carbons (Fsp3) is 0.450. The molecule has 31 heavy (non-hydrogen) atoms. The van der Waals surface area contributed by atoms with E-state index in [1.54, 1.807) is 21.9 Å². The minimum absolute atomic E-state index is 0.0463. The molecular weight excluding hydrogens is 413 g/mol. The van der Waals surface area contributed by atoms with Gasteiger partial charge in [-0.2, -0.15) is 13.2 Å². The number of nitrogens with zero attached hydrogens (tertiary/aromatic N) is 6. The normalized spacial score (nSPS) is 17.2. The van der Waals surface area contributed by atoms with Gasteiger partial charge in [0.25, 0.3) is 0 Å². The molecule has 0 aliphatic carbocycles. The van der Waals surface area contributed by atoms with Crippen molar-refractivity contribution in [3.63, 3.8) is 0 Å². The van der Waals surface area contributed by atoms with Gasteiger partial charge in [0.1, 0.15) is 5.82 Å². The minimum atomic E-state index is -4.63. The molecule has 8 nitrogen and oxygen atoms in total. The molecule has 0 aromatic carbocycles. The third kappa shape index (κ3) is 4.59. The third-order valence-corrected chi connectivity index (χ3v) is 5.41. The van der Waals surface area contributed by atoms with E-state index in [9.17, 15) is 22.8 Å². The first-order chi connectivity index (χ1) is 14.8. The lowest BCUT2D eigenvalue weighted by molar-refractivity contribution is -0.151. The minimum Gasteiger partial charge on any atom is -0.353 e. The number of amides is 2. The quantitative estimate of drug-likeness (QED) is 0.671. The van der Waals surface area contributed by atoms with E-state index in [1.165, 1.54) is 17.3 Å². The Bertz CT molecular complexity index is 955. The van der Waals surface area contributed by atoms with Crippen molar-refractivity contribution in [1.82, 2.24) is 24.8 Å². The van der Waals surface area contributed by atoms with Gasteiger partial charge in [-0.25, -0.2) is 9.97 Å². The Balaban J connectivity index is 1.51. The second kappa shape index (κ2) is 8.48. The summed E-state index contributed by atoms with van der Waals surface area (Å²) in [7, 11) is 0. The van der Waals surface area contributed by atoms with Gasteiger partial charge in [-0.1, -0.05) is 0 Å². The van der Waals surface area contributed by atoms with Crippen LogP contribution < -0.4 is 4.90 Å². The van der Waals surface area contributed by atoms with Crippen LogP contribution in [0.3, 0.4) is 0 Å². The van der Waals surface area contributed by atoms with E-state index in [-0.39, 0.29) is 37.8 Å². The summed E-state index contributed by atoms with van der Waals surface area (Å²) < 4.78 is 40.3. The van der Waals surface area contributed by atoms with E-state index in [0.29, 0.717) is 18.7 Å². The van der Waals surface area contributed by atoms with Gasteiger partial charge >= 0.3 is 18.0 Å². The zero-order chi connectivity index (χ0) is 22.0. The number of aromatic nitrogens is 3. The van der Waals surface area contributed by atoms with Crippen LogP contribution >= 0.6 is 0 Å². The van der Waals surface area contributed by atoms with Crippen molar-refractivity contribution in [2.24, 2.45) is 0 Å². The van der Waals surface area contributed by atoms with E-state index in [2.05, 4.69) is 15.0 Å². The fourth-order valence-corrected chi connectivity index (χ4v) is 3.70. The average Bonchev–Trinajstić information content (AvgIpc) is 3.33. The molecule has 0 spiro atoms. The van der Waals surface area contributed by atoms with Crippen molar-refractivity contribution in [3.8, 4) is 11.4 Å². The summed E-state index contributed by atoms with van der Waals surface area (Å²) in [5.41, 5.74) is -0.612. The average molecular weight is 434 g/mol. The summed E-state index contributed by atoms with van der Waals surface area (Å²) >= 11 is 0. The Labute approximate surface area is 176 Å². The number of likely N-dealkylation sites (tertiary alicyclic amines) is 1. The number of hydrogen-bond donors (Lipinski definition) is 0. The van der Waals surface area contributed by atoms with Crippen molar-refractivity contribution in [3.05, 3.63) is 36.3 Å². The number of hydrogen-bond acceptors (Lipinski definition) is 6. The summed E-state index contributed by atoms with van der Waals surface area (Å²) in [4.78, 5) is 41.3. The highest BCUT2D eigenvalue weighted by atomic mass is 19.4. The van der Waals surface area contributed by atoms with E-state index < -0.39 is 23.7 Å². The molecule has 0 unspecified atom stereocenters. The Kier molecular flexibility index (Phi) is 5.75. The van der Waals surface area contributed by atoms with Crippen molar-refractivity contribution in [1.29, 1.82) is 0 Å². The number of carbonyl (C=O) groups is 2. The predicted molar refractivity (Wildman–Crippen MR) is 105 cm³/mol. The van der Waals surface area contributed by atoms with Crippen LogP contribution in [0.25, 0.3) is 11.4 Å². The van der Waals surface area contributed by atoms with Crippen LogP contribution in [0.2, 0.25) is 0 Å². The Morgan fingerprint density at radius 2 is 1.42 bits per heavy atom. The maximum atomic E-state index is 13.4. The van der Waals surface area contributed by atoms with Gasteiger partial charge in [0.05, 0.1) is 0 Å². The number of rotatable bonds is 2. The van der Waals surface area contributed by atoms with Crippen LogP contribution in [0.1, 0.15) is 18.5 Å². The second-order valence-corrected chi connectivity index (χ2v) is 7.45. The maximum absolute atomic E-state index is 13.4. The zero-order valence-electron chi connectivity index (χ0n) is 16.7. The van der Waals surface area contributed by atoms with E-state index in [1.807, 2.05) is 0 Å². The summed E-state index contributed by atoms with van der Waals surface area (Å²) in [6.45, 7) is 2.17. The molecule has 0 atom stereocenters. The zero-order valence-corrected chi connectivity index (χ0v) is 16.7. The molecular formula is C20H21F3N6O2. The van der Waals surface area contributed by atoms with Crippen molar-refractivity contribution < 1.29 is 22.8 Å². The highest BCUT2D eigenvalue weighted by Crippen LogP contribution is 2.32. The van der Waals surface area contributed by atoms with E-state index >= 15 is 0 Å². The summed E-state index contributed by atoms with van der Waals surface area (Å²) in [5.74, 6) is -0.980. The second-order valence-electron chi connectivity index (χ2n) is 7.45. The van der Waals surface area contributed by atoms with Crippen molar-refractivity contribution in [2.45, 2.75) is 19.0 Å². The molecule has 11 heteroatoms. The van der Waals surface area contributed by atoms with Crippen LogP contribution in [-0.2, 0) is 15.8 Å². The van der Waals surface area contributed by atoms with Gasteiger partial charge in [0.2, 0.25) is 0 Å². The molecule has 2 aromatic rings. The number of pyridine rings is 1. The van der Waals surface area contributed by atoms with Crippen LogP contribution in [0.15, 0.2) is 30.6 Å². The van der Waals surface area contributed by atoms with Gasteiger partial charge in [-0.15, -0.1) is 0 Å². The highest BCUT2D eigenvalue weighted by molar-refractivity contribution is 6.35. The van der Waals surface area contributed by atoms with E-state index in [0.717, 1.165) is 18.9 Å². The molecule has 4 rings (SSSR count). The molecule has 0 saturated carbocycles. The van der Waals surface area contributed by atoms with Gasteiger partial charge in [-0.3, -0.25) is 14.6 Å². The van der Waals surface area contributed by atoms with Crippen LogP contribution in [0.4, 0.5) is 19.0 Å². The topological polar surface area (TPSA) is 82.5 Å². The molecule has 2 aromatic heterocycles. The Hall–Kier alpha value is -3.24. The Morgan fingerprint density at radius 1 is 0.839 bits per heavy atom. The maximum Gasteiger partial charge on any atom is 0.433 e. The number of carbonyl (C=O) groups excluding carboxylic acids is 2. The monoisotopic (exact) mass is 434 g/mol. The highest BCUT2D eigenvalue weighted by Gasteiger charge is 2.35. The molecule has 2 saturated heterocycles. The van der Waals surface area contributed by atoms with Crippen LogP contribution in [-0.4, -0.2) is 75.8 Å². The number of anilines is 1. The molecule has 0 bridgehead atoms. The summed E-state index contributed by atoms with van der Waals surface area (Å²) in [6.07, 6.45) is 0.0733. The number of alkyl halides is 3. The predicted octanol–water partition coefficient (Wildman–Crippen LogP) is 1.83. The van der Waals surface area contributed by atoms with Gasteiger partial charge < -0.3 is 14.7 Å². The number of halogens is 3. The van der Waals surface area contributed by atoms with Gasteiger partial charge in [0, 0.05) is 63.3 Å². The summed E-state index contributed by atoms with van der Waals surface area (Å²) in [6, 6.07) is 4.00. The first-order valence-corrected chi connectivity index (χ1v) is 10.0. The molecule has 164 valence electrons. The van der Waals surface area contributed by atoms with Gasteiger partial charge in [-0.05, 0) is 25.0 Å². The van der Waals surface area contributed by atoms with Crippen molar-refractivity contribution in [2.75, 3.05) is 44.2 Å². The molecule has 2 aliphatic heterocycles. The van der Waals surface area contributed by atoms with Crippen LogP contribution in [0.5, 0.6) is 0 Å². The molecule has 4 heterocycles. The lowest BCUT2D eigenvalue weighted by atomic mass is 10.2. The lowest BCUT2D eigenvalue weighted by Gasteiger charge is -2.35. The molecule has 2 aliphatic rings. The standard InChI is InChI=1S/C20H21F3N6O2/c21-20(22,23)15-13-16(26-17(25-15)14-3-5-24-6-4-14)27-9-11-29(12-10-27)19(31)18(30)28-7-1-2-8-28/h3-6,13H,1-2,7-12H2. The first kappa shape index (κ1) is 21.0. The Morgan fingerprint density at radius 3 is 2.00 bits per heavy atom. The molecule has 2 fully saturated rings. The number of piperazine rings is 1. The molecule has 0 N–H and O–H groups in total.